The van der Waals surface area contributed by atoms with Gasteiger partial charge < -0.3 is 0 Å². The minimum Gasteiger partial charge on any atom is -0.296 e. The standard InChI is InChI=1S/C20H21N5OS/c1-13-14(2)23-25(4)20(26)18(13)19-22-17(12-27-19)11-24(3)10-16-7-5-15(9-21)6-8-16/h5-8,12H,10-11H2,1-4H3. The summed E-state index contributed by atoms with van der Waals surface area (Å²) in [4.78, 5) is 19.3. The van der Waals surface area contributed by atoms with Crippen molar-refractivity contribution in [3.8, 4) is 16.6 Å². The van der Waals surface area contributed by atoms with Crippen LogP contribution < -0.4 is 5.56 Å². The third-order valence-corrected chi connectivity index (χ3v) is 5.37. The van der Waals surface area contributed by atoms with Gasteiger partial charge in [0.15, 0.2) is 0 Å². The molecule has 0 spiro atoms. The van der Waals surface area contributed by atoms with E-state index in [1.54, 1.807) is 7.05 Å². The SMILES string of the molecule is Cc1nn(C)c(=O)c(-c2nc(CN(C)Cc3ccc(C#N)cc3)cs2)c1C. The van der Waals surface area contributed by atoms with Gasteiger partial charge >= 0.3 is 0 Å². The molecule has 2 aromatic heterocycles. The molecule has 0 saturated carbocycles. The summed E-state index contributed by atoms with van der Waals surface area (Å²) >= 11 is 1.49. The highest BCUT2D eigenvalue weighted by Gasteiger charge is 2.16. The fourth-order valence-corrected chi connectivity index (χ4v) is 3.83. The van der Waals surface area contributed by atoms with Crippen LogP contribution in [-0.2, 0) is 20.1 Å². The Morgan fingerprint density at radius 1 is 1.22 bits per heavy atom. The van der Waals surface area contributed by atoms with Crippen molar-refractivity contribution in [3.63, 3.8) is 0 Å². The number of rotatable bonds is 5. The lowest BCUT2D eigenvalue weighted by Gasteiger charge is -2.15. The second-order valence-electron chi connectivity index (χ2n) is 6.64. The highest BCUT2D eigenvalue weighted by molar-refractivity contribution is 7.13. The van der Waals surface area contributed by atoms with E-state index in [2.05, 4.69) is 21.1 Å². The molecule has 0 bridgehead atoms. The summed E-state index contributed by atoms with van der Waals surface area (Å²) in [6.45, 7) is 5.25. The number of benzene rings is 1. The molecule has 2 heterocycles. The van der Waals surface area contributed by atoms with E-state index < -0.39 is 0 Å². The van der Waals surface area contributed by atoms with Crippen molar-refractivity contribution < 1.29 is 0 Å². The maximum Gasteiger partial charge on any atom is 0.277 e. The van der Waals surface area contributed by atoms with Crippen molar-refractivity contribution >= 4 is 11.3 Å². The van der Waals surface area contributed by atoms with Gasteiger partial charge in [-0.3, -0.25) is 9.69 Å². The number of hydrogen-bond acceptors (Lipinski definition) is 6. The minimum atomic E-state index is -0.120. The number of aryl methyl sites for hydroxylation is 2. The zero-order chi connectivity index (χ0) is 19.6. The van der Waals surface area contributed by atoms with Gasteiger partial charge in [0.2, 0.25) is 0 Å². The van der Waals surface area contributed by atoms with Crippen LogP contribution in [0.2, 0.25) is 0 Å². The van der Waals surface area contributed by atoms with Gasteiger partial charge in [0.1, 0.15) is 5.01 Å². The Morgan fingerprint density at radius 3 is 2.59 bits per heavy atom. The summed E-state index contributed by atoms with van der Waals surface area (Å²) in [6, 6.07) is 9.72. The van der Waals surface area contributed by atoms with Crippen LogP contribution in [0.1, 0.15) is 28.1 Å². The predicted molar refractivity (Wildman–Crippen MR) is 106 cm³/mol. The normalized spacial score (nSPS) is 11.0. The van der Waals surface area contributed by atoms with Crippen LogP contribution in [0.4, 0.5) is 0 Å². The third-order valence-electron chi connectivity index (χ3n) is 4.46. The zero-order valence-corrected chi connectivity index (χ0v) is 16.7. The van der Waals surface area contributed by atoms with Crippen LogP contribution in [0, 0.1) is 25.2 Å². The summed E-state index contributed by atoms with van der Waals surface area (Å²) in [5.41, 5.74) is 4.96. The highest BCUT2D eigenvalue weighted by atomic mass is 32.1. The Labute approximate surface area is 162 Å². The first kappa shape index (κ1) is 19.0. The number of aromatic nitrogens is 3. The van der Waals surface area contributed by atoms with E-state index in [0.29, 0.717) is 17.7 Å². The molecule has 0 N–H and O–H groups in total. The van der Waals surface area contributed by atoms with Crippen molar-refractivity contribution in [1.82, 2.24) is 19.7 Å². The molecule has 0 atom stereocenters. The van der Waals surface area contributed by atoms with Crippen molar-refractivity contribution in [3.05, 3.63) is 68.1 Å². The molecule has 27 heavy (non-hydrogen) atoms. The average molecular weight is 379 g/mol. The quantitative estimate of drug-likeness (QED) is 0.681. The third kappa shape index (κ3) is 4.13. The minimum absolute atomic E-state index is 0.120. The monoisotopic (exact) mass is 379 g/mol. The second kappa shape index (κ2) is 7.82. The van der Waals surface area contributed by atoms with E-state index in [1.165, 1.54) is 16.0 Å². The number of hydrogen-bond donors (Lipinski definition) is 0. The molecule has 0 fully saturated rings. The van der Waals surface area contributed by atoms with Gasteiger partial charge in [-0.15, -0.1) is 11.3 Å². The van der Waals surface area contributed by atoms with Crippen LogP contribution in [0.3, 0.4) is 0 Å². The van der Waals surface area contributed by atoms with Crippen LogP contribution in [-0.4, -0.2) is 26.7 Å². The zero-order valence-electron chi connectivity index (χ0n) is 15.9. The fraction of sp³-hybridized carbons (Fsp3) is 0.300. The van der Waals surface area contributed by atoms with E-state index in [9.17, 15) is 4.79 Å². The van der Waals surface area contributed by atoms with Gasteiger partial charge in [0, 0.05) is 25.5 Å². The average Bonchev–Trinajstić information content (AvgIpc) is 3.08. The van der Waals surface area contributed by atoms with Crippen molar-refractivity contribution in [2.75, 3.05) is 7.05 Å². The van der Waals surface area contributed by atoms with Crippen molar-refractivity contribution in [2.24, 2.45) is 7.05 Å². The van der Waals surface area contributed by atoms with E-state index >= 15 is 0 Å². The molecule has 138 valence electrons. The molecule has 0 saturated heterocycles. The van der Waals surface area contributed by atoms with Gasteiger partial charge in [-0.2, -0.15) is 10.4 Å². The van der Waals surface area contributed by atoms with Gasteiger partial charge in [-0.25, -0.2) is 9.67 Å². The van der Waals surface area contributed by atoms with Crippen LogP contribution >= 0.6 is 11.3 Å². The van der Waals surface area contributed by atoms with Crippen LogP contribution in [0.25, 0.3) is 10.6 Å². The molecule has 7 heteroatoms. The number of nitrogens with zero attached hydrogens (tertiary/aromatic N) is 5. The molecule has 0 aliphatic heterocycles. The Bertz CT molecular complexity index is 1060. The lowest BCUT2D eigenvalue weighted by molar-refractivity contribution is 0.316. The van der Waals surface area contributed by atoms with Crippen LogP contribution in [0.5, 0.6) is 0 Å². The van der Waals surface area contributed by atoms with Crippen molar-refractivity contribution in [1.29, 1.82) is 5.26 Å². The van der Waals surface area contributed by atoms with E-state index in [1.807, 2.05) is 50.5 Å². The number of thiazole rings is 1. The Kier molecular flexibility index (Phi) is 5.49. The summed E-state index contributed by atoms with van der Waals surface area (Å²) in [6.07, 6.45) is 0. The maximum atomic E-state index is 12.5. The van der Waals surface area contributed by atoms with E-state index in [4.69, 9.17) is 5.26 Å². The van der Waals surface area contributed by atoms with Crippen LogP contribution in [0.15, 0.2) is 34.4 Å². The predicted octanol–water partition coefficient (Wildman–Crippen LogP) is 3.02. The largest absolute Gasteiger partial charge is 0.296 e. The molecule has 0 amide bonds. The Morgan fingerprint density at radius 2 is 1.93 bits per heavy atom. The molecule has 3 rings (SSSR count). The molecular formula is C20H21N5OS. The maximum absolute atomic E-state index is 12.5. The first-order valence-corrected chi connectivity index (χ1v) is 9.44. The molecule has 1 aromatic carbocycles. The summed E-state index contributed by atoms with van der Waals surface area (Å²) < 4.78 is 1.37. The Hall–Kier alpha value is -2.82. The topological polar surface area (TPSA) is 74.8 Å². The molecular weight excluding hydrogens is 358 g/mol. The van der Waals surface area contributed by atoms with Gasteiger partial charge in [-0.1, -0.05) is 12.1 Å². The number of nitriles is 1. The smallest absolute Gasteiger partial charge is 0.277 e. The van der Waals surface area contributed by atoms with Gasteiger partial charge in [0.25, 0.3) is 5.56 Å². The first-order chi connectivity index (χ1) is 12.9. The highest BCUT2D eigenvalue weighted by Crippen LogP contribution is 2.25. The molecule has 0 aliphatic carbocycles. The molecule has 0 aliphatic rings. The van der Waals surface area contributed by atoms with E-state index in [-0.39, 0.29) is 5.56 Å². The summed E-state index contributed by atoms with van der Waals surface area (Å²) in [5.74, 6) is 0. The van der Waals surface area contributed by atoms with E-state index in [0.717, 1.165) is 34.1 Å². The fourth-order valence-electron chi connectivity index (χ4n) is 2.92. The van der Waals surface area contributed by atoms with Crippen molar-refractivity contribution in [2.45, 2.75) is 26.9 Å². The Balaban J connectivity index is 1.76. The van der Waals surface area contributed by atoms with Gasteiger partial charge in [-0.05, 0) is 44.2 Å². The lowest BCUT2D eigenvalue weighted by Crippen LogP contribution is -2.23. The lowest BCUT2D eigenvalue weighted by atomic mass is 10.1. The molecule has 0 radical (unpaired) electrons. The molecule has 3 aromatic rings. The second-order valence-corrected chi connectivity index (χ2v) is 7.50. The van der Waals surface area contributed by atoms with Gasteiger partial charge in [0.05, 0.1) is 28.6 Å². The summed E-state index contributed by atoms with van der Waals surface area (Å²) in [5, 5.41) is 15.8. The molecule has 6 nitrogen and oxygen atoms in total. The molecule has 0 unspecified atom stereocenters. The first-order valence-electron chi connectivity index (χ1n) is 8.56. The summed E-state index contributed by atoms with van der Waals surface area (Å²) in [7, 11) is 3.69.